The van der Waals surface area contributed by atoms with Gasteiger partial charge in [-0.1, -0.05) is 0 Å². The van der Waals surface area contributed by atoms with Gasteiger partial charge in [0.2, 0.25) is 0 Å². The molecule has 0 aliphatic carbocycles. The molecular formula is F12N3O4P. The first-order chi connectivity index (χ1) is 8.00. The zero-order valence-electron chi connectivity index (χ0n) is 7.96. The lowest BCUT2D eigenvalue weighted by Gasteiger charge is -2.36. The molecule has 0 aromatic heterocycles. The Morgan fingerprint density at radius 2 is 0.500 bits per heavy atom. The average molecular weight is 365 g/mol. The molecule has 0 unspecified atom stereocenters. The molecule has 20 heavy (non-hydrogen) atoms. The van der Waals surface area contributed by atoms with Gasteiger partial charge < -0.3 is 19.2 Å². The van der Waals surface area contributed by atoms with Crippen LogP contribution in [0, 0.1) is 0 Å². The van der Waals surface area contributed by atoms with Gasteiger partial charge in [0.05, 0.1) is 0 Å². The summed E-state index contributed by atoms with van der Waals surface area (Å²) in [5.74, 6) is 0. The number of phosphoric acid groups is 1. The van der Waals surface area contributed by atoms with Gasteiger partial charge in [-0.3, -0.25) is 0 Å². The van der Waals surface area contributed by atoms with Gasteiger partial charge in [0.1, 0.15) is 53.8 Å². The lowest BCUT2D eigenvalue weighted by atomic mass is 13.3. The number of nitrogens with zero attached hydrogens (tertiary/aromatic N) is 3. The summed E-state index contributed by atoms with van der Waals surface area (Å²) in [5.41, 5.74) is 0. The predicted octanol–water partition coefficient (Wildman–Crippen LogP) is 1.20. The molecule has 7 nitrogen and oxygen atoms in total. The van der Waals surface area contributed by atoms with Crippen LogP contribution in [0.2, 0.25) is 0 Å². The third kappa shape index (κ3) is 6190. The van der Waals surface area contributed by atoms with Crippen molar-refractivity contribution in [3.8, 4) is 0 Å². The maximum Gasteiger partial charge on any atom is 0.440 e. The number of quaternary nitrogens is 3. The van der Waals surface area contributed by atoms with Gasteiger partial charge in [-0.05, 0) is 0 Å². The molecule has 0 aromatic rings. The van der Waals surface area contributed by atoms with E-state index in [1.807, 2.05) is 0 Å². The molecule has 20 heteroatoms. The summed E-state index contributed by atoms with van der Waals surface area (Å²) in [6, 6.07) is 0. The first-order valence-electron chi connectivity index (χ1n) is 2.76. The van der Waals surface area contributed by atoms with E-state index in [-0.39, 0.29) is 0 Å². The molecule has 0 heterocycles. The number of rotatable bonds is 0. The monoisotopic (exact) mass is 365 g/mol. The largest absolute Gasteiger partial charge is 0.822 e. The molecule has 0 saturated carbocycles. The summed E-state index contributed by atoms with van der Waals surface area (Å²) < 4.78 is 124. The highest BCUT2D eigenvalue weighted by atomic mass is 31.2. The molecule has 0 amide bonds. The molecule has 128 valence electrons. The smallest absolute Gasteiger partial charge is 0.440 e. The van der Waals surface area contributed by atoms with E-state index in [9.17, 15) is 53.8 Å². The summed E-state index contributed by atoms with van der Waals surface area (Å²) in [6.45, 7) is 0. The summed E-state index contributed by atoms with van der Waals surface area (Å²) in [5, 5.41) is -15.0. The fourth-order valence-electron chi connectivity index (χ4n) is 0. The van der Waals surface area contributed by atoms with Crippen LogP contribution in [0.4, 0.5) is 53.8 Å². The molecule has 0 aromatic carbocycles. The van der Waals surface area contributed by atoms with Gasteiger partial charge >= 0.3 is 16.1 Å². The zero-order chi connectivity index (χ0) is 18.0. The van der Waals surface area contributed by atoms with Crippen LogP contribution in [0.1, 0.15) is 0 Å². The second kappa shape index (κ2) is 9.96. The quantitative estimate of drug-likeness (QED) is 0.367. The summed E-state index contributed by atoms with van der Waals surface area (Å²) in [6.07, 6.45) is 0. The fraction of sp³-hybridized carbons (Fsp3) is 0. The number of hydrogen-bond donors (Lipinski definition) is 0. The topological polar surface area (TPSA) is 86.2 Å². The number of hydrogen-bond acceptors (Lipinski definition) is 4. The molecule has 0 fully saturated rings. The highest BCUT2D eigenvalue weighted by molar-refractivity contribution is 7.40. The van der Waals surface area contributed by atoms with E-state index < -0.39 is 23.9 Å². The second-order valence-electron chi connectivity index (χ2n) is 1.60. The van der Waals surface area contributed by atoms with Crippen LogP contribution >= 0.6 is 7.82 Å². The van der Waals surface area contributed by atoms with E-state index in [0.717, 1.165) is 0 Å². The van der Waals surface area contributed by atoms with Crippen LogP contribution < -0.4 is 14.7 Å². The Balaban J connectivity index is -0.0000000853. The minimum atomic E-state index is -5.39. The van der Waals surface area contributed by atoms with E-state index in [4.69, 9.17) is 19.2 Å². The van der Waals surface area contributed by atoms with Gasteiger partial charge in [0.25, 0.3) is 0 Å². The van der Waals surface area contributed by atoms with Crippen molar-refractivity contribution >= 4 is 7.82 Å². The van der Waals surface area contributed by atoms with Crippen molar-refractivity contribution in [3.05, 3.63) is 0 Å². The van der Waals surface area contributed by atoms with Crippen molar-refractivity contribution in [2.24, 2.45) is 0 Å². The van der Waals surface area contributed by atoms with Crippen molar-refractivity contribution < 1.29 is 89.1 Å². The molecule has 0 bridgehead atoms. The zero-order valence-corrected chi connectivity index (χ0v) is 8.85. The average Bonchev–Trinajstić information content (AvgIpc) is 1.62. The third-order valence-corrected chi connectivity index (χ3v) is 0. The predicted molar refractivity (Wildman–Crippen MR) is 21.7 cm³/mol. The van der Waals surface area contributed by atoms with Crippen LogP contribution in [0.3, 0.4) is 0 Å². The normalized spacial score (nSPS) is 11.9. The van der Waals surface area contributed by atoms with Gasteiger partial charge in [-0.15, -0.1) is 0 Å². The van der Waals surface area contributed by atoms with Crippen LogP contribution in [-0.4, -0.2) is 16.1 Å². The van der Waals surface area contributed by atoms with Gasteiger partial charge in [0.15, 0.2) is 0 Å². The Hall–Kier alpha value is -0.850. The molecular weight excluding hydrogens is 365 g/mol. The van der Waals surface area contributed by atoms with Gasteiger partial charge in [-0.25, -0.2) is 0 Å². The lowest BCUT2D eigenvalue weighted by molar-refractivity contribution is -1.36. The van der Waals surface area contributed by atoms with Crippen LogP contribution in [0.5, 0.6) is 0 Å². The SMILES string of the molecule is F[N+](F)(F)F.F[N+](F)(F)F.F[N+](F)(F)F.O=P([O-])([O-])[O-]. The van der Waals surface area contributed by atoms with Crippen molar-refractivity contribution in [1.29, 1.82) is 0 Å². The van der Waals surface area contributed by atoms with Crippen molar-refractivity contribution in [3.63, 3.8) is 0 Å². The third-order valence-electron chi connectivity index (χ3n) is 0. The number of halogens is 12. The molecule has 0 N–H and O–H groups in total. The van der Waals surface area contributed by atoms with Crippen LogP contribution in [0.15, 0.2) is 0 Å². The fourth-order valence-corrected chi connectivity index (χ4v) is 0. The Morgan fingerprint density at radius 1 is 0.500 bits per heavy atom. The van der Waals surface area contributed by atoms with Crippen molar-refractivity contribution in [1.82, 2.24) is 0 Å². The standard InChI is InChI=1S/3F4N.H3O4P/c4*1-5(2,3)4/h;;;(H3,1,2,3,4)/q3*+1;/p-3. The minimum absolute atomic E-state index is 5.00. The summed E-state index contributed by atoms with van der Waals surface area (Å²) in [4.78, 5) is 25.6. The Morgan fingerprint density at radius 3 is 0.500 bits per heavy atom. The second-order valence-corrected chi connectivity index (χ2v) is 2.49. The van der Waals surface area contributed by atoms with E-state index in [0.29, 0.717) is 0 Å². The summed E-state index contributed by atoms with van der Waals surface area (Å²) >= 11 is 0. The maximum absolute atomic E-state index is 9.62. The molecule has 0 aliphatic heterocycles. The van der Waals surface area contributed by atoms with E-state index >= 15 is 0 Å². The van der Waals surface area contributed by atoms with Crippen LogP contribution in [-0.2, 0) is 4.57 Å². The van der Waals surface area contributed by atoms with Gasteiger partial charge in [-0.2, -0.15) is 7.82 Å². The highest BCUT2D eigenvalue weighted by Crippen LogP contribution is 2.09. The Kier molecular flexibility index (Phi) is 13.7. The van der Waals surface area contributed by atoms with E-state index in [2.05, 4.69) is 0 Å². The van der Waals surface area contributed by atoms with E-state index in [1.54, 1.807) is 0 Å². The first kappa shape index (κ1) is 27.5. The van der Waals surface area contributed by atoms with Crippen molar-refractivity contribution in [2.75, 3.05) is 0 Å². The van der Waals surface area contributed by atoms with Gasteiger partial charge in [0, 0.05) is 0 Å². The first-order valence-corrected chi connectivity index (χ1v) is 4.22. The Labute approximate surface area is 98.4 Å². The molecule has 0 saturated heterocycles. The highest BCUT2D eigenvalue weighted by Gasteiger charge is 2.31. The van der Waals surface area contributed by atoms with Crippen molar-refractivity contribution in [2.45, 2.75) is 0 Å². The summed E-state index contributed by atoms with van der Waals surface area (Å²) in [7, 11) is -5.39. The maximum atomic E-state index is 9.62. The molecule has 0 aliphatic rings. The van der Waals surface area contributed by atoms with Crippen LogP contribution in [0.25, 0.3) is 0 Å². The molecule has 0 spiro atoms. The van der Waals surface area contributed by atoms with E-state index in [1.165, 1.54) is 0 Å². The lowest BCUT2D eigenvalue weighted by Crippen LogP contribution is -2.24. The minimum Gasteiger partial charge on any atom is -0.822 e. The molecule has 0 rings (SSSR count). The molecule has 0 atom stereocenters. The molecule has 0 radical (unpaired) electrons. The Bertz CT molecular complexity index is 205.